The van der Waals surface area contributed by atoms with E-state index in [0.29, 0.717) is 12.1 Å². The fourth-order valence-electron chi connectivity index (χ4n) is 4.43. The minimum atomic E-state index is -2.35. The molecule has 27 heavy (non-hydrogen) atoms. The third-order valence-electron chi connectivity index (χ3n) is 5.62. The van der Waals surface area contributed by atoms with Crippen molar-refractivity contribution in [3.63, 3.8) is 0 Å². The highest BCUT2D eigenvalue weighted by molar-refractivity contribution is 7.13. The van der Waals surface area contributed by atoms with Crippen molar-refractivity contribution in [2.45, 2.75) is 18.9 Å². The van der Waals surface area contributed by atoms with Gasteiger partial charge in [0.1, 0.15) is 0 Å². The largest absolute Gasteiger partial charge is 0.466 e. The van der Waals surface area contributed by atoms with Gasteiger partial charge in [-0.1, -0.05) is 91.0 Å². The van der Waals surface area contributed by atoms with Gasteiger partial charge in [-0.15, -0.1) is 0 Å². The molecule has 0 heterocycles. The maximum Gasteiger partial charge on any atom is 0.308 e. The highest BCUT2D eigenvalue weighted by atomic mass is 28.3. The minimum Gasteiger partial charge on any atom is -0.466 e. The van der Waals surface area contributed by atoms with Gasteiger partial charge in [0, 0.05) is 0 Å². The Morgan fingerprint density at radius 3 is 1.59 bits per heavy atom. The second-order valence-electron chi connectivity index (χ2n) is 7.11. The van der Waals surface area contributed by atoms with Gasteiger partial charge in [-0.05, 0) is 34.4 Å². The van der Waals surface area contributed by atoms with E-state index in [1.165, 1.54) is 15.6 Å². The Bertz CT molecular complexity index is 797. The Balaban J connectivity index is 1.93. The molecule has 0 N–H and O–H groups in total. The van der Waals surface area contributed by atoms with Gasteiger partial charge in [0.2, 0.25) is 0 Å². The van der Waals surface area contributed by atoms with E-state index in [-0.39, 0.29) is 11.9 Å². The van der Waals surface area contributed by atoms with Crippen molar-refractivity contribution in [3.8, 4) is 0 Å². The van der Waals surface area contributed by atoms with Crippen LogP contribution in [0.2, 0.25) is 5.54 Å². The molecule has 0 aromatic heterocycles. The molecule has 136 valence electrons. The lowest BCUT2D eigenvalue weighted by atomic mass is 10.3. The average molecular weight is 373 g/mol. The van der Waals surface area contributed by atoms with Gasteiger partial charge in [0.15, 0.2) is 8.07 Å². The molecule has 0 aliphatic heterocycles. The Morgan fingerprint density at radius 1 is 0.815 bits per heavy atom. The van der Waals surface area contributed by atoms with Crippen LogP contribution >= 0.6 is 0 Å². The highest BCUT2D eigenvalue weighted by Gasteiger charge is 2.60. The molecule has 0 unspecified atom stereocenters. The predicted octanol–water partition coefficient (Wildman–Crippen LogP) is 3.11. The SMILES string of the molecule is CCOC(=O)[C@@H]1C[C@H]1[Si](c1ccccc1)(c1ccccc1)c1ccccc1. The summed E-state index contributed by atoms with van der Waals surface area (Å²) in [6, 6.07) is 32.3. The zero-order valence-electron chi connectivity index (χ0n) is 15.5. The monoisotopic (exact) mass is 372 g/mol. The lowest BCUT2D eigenvalue weighted by Gasteiger charge is -2.34. The minimum absolute atomic E-state index is 0.00256. The van der Waals surface area contributed by atoms with Gasteiger partial charge in [0.05, 0.1) is 12.5 Å². The molecule has 1 aliphatic carbocycles. The molecule has 3 aromatic rings. The number of hydrogen-bond acceptors (Lipinski definition) is 2. The molecule has 3 heteroatoms. The quantitative estimate of drug-likeness (QED) is 0.378. The van der Waals surface area contributed by atoms with E-state index in [4.69, 9.17) is 4.74 Å². The fourth-order valence-corrected chi connectivity index (χ4v) is 10.2. The molecule has 0 bridgehead atoms. The van der Waals surface area contributed by atoms with Gasteiger partial charge in [0.25, 0.3) is 0 Å². The lowest BCUT2D eigenvalue weighted by Crippen LogP contribution is -2.68. The summed E-state index contributed by atoms with van der Waals surface area (Å²) in [5, 5.41) is 4.08. The molecule has 2 nitrogen and oxygen atoms in total. The average Bonchev–Trinajstić information content (AvgIpc) is 3.53. The van der Waals surface area contributed by atoms with Crippen LogP contribution in [0.15, 0.2) is 91.0 Å². The van der Waals surface area contributed by atoms with E-state index in [2.05, 4.69) is 91.0 Å². The molecule has 3 aromatic carbocycles. The zero-order chi connectivity index (χ0) is 18.7. The van der Waals surface area contributed by atoms with Crippen LogP contribution in [0, 0.1) is 5.92 Å². The van der Waals surface area contributed by atoms with Gasteiger partial charge < -0.3 is 4.74 Å². The topological polar surface area (TPSA) is 26.3 Å². The summed E-state index contributed by atoms with van der Waals surface area (Å²) >= 11 is 0. The third kappa shape index (κ3) is 3.13. The van der Waals surface area contributed by atoms with Gasteiger partial charge in [-0.25, -0.2) is 0 Å². The van der Waals surface area contributed by atoms with E-state index in [9.17, 15) is 4.79 Å². The zero-order valence-corrected chi connectivity index (χ0v) is 16.5. The summed E-state index contributed by atoms with van der Waals surface area (Å²) in [5.74, 6) is -0.0422. The number of rotatable bonds is 6. The molecule has 0 radical (unpaired) electrons. The second-order valence-corrected chi connectivity index (χ2v) is 11.2. The number of esters is 1. The standard InChI is InChI=1S/C24H24O2Si/c1-2-26-24(25)22-18-23(22)27(19-12-6-3-7-13-19,20-14-8-4-9-15-20)21-16-10-5-11-17-21/h3-17,22-23H,2,18H2,1H3/t22-,23-/m1/s1. The Morgan fingerprint density at radius 2 is 1.22 bits per heavy atom. The molecule has 1 fully saturated rings. The summed E-state index contributed by atoms with van der Waals surface area (Å²) in [6.45, 7) is 2.32. The van der Waals surface area contributed by atoms with Gasteiger partial charge >= 0.3 is 5.97 Å². The number of benzene rings is 3. The summed E-state index contributed by atoms with van der Waals surface area (Å²) < 4.78 is 5.38. The van der Waals surface area contributed by atoms with Crippen LogP contribution in [0.5, 0.6) is 0 Å². The van der Waals surface area contributed by atoms with Crippen molar-refractivity contribution in [3.05, 3.63) is 91.0 Å². The Labute approximate surface area is 161 Å². The van der Waals surface area contributed by atoms with Gasteiger partial charge in [-0.2, -0.15) is 0 Å². The summed E-state index contributed by atoms with van der Waals surface area (Å²) in [6.07, 6.45) is 0.906. The first-order valence-electron chi connectivity index (χ1n) is 9.61. The van der Waals surface area contributed by atoms with Crippen molar-refractivity contribution < 1.29 is 9.53 Å². The van der Waals surface area contributed by atoms with Gasteiger partial charge in [-0.3, -0.25) is 4.79 Å². The molecule has 0 amide bonds. The van der Waals surface area contributed by atoms with Crippen molar-refractivity contribution in [2.75, 3.05) is 6.61 Å². The smallest absolute Gasteiger partial charge is 0.308 e. The summed E-state index contributed by atoms with van der Waals surface area (Å²) in [7, 11) is -2.35. The maximum absolute atomic E-state index is 12.6. The Kier molecular flexibility index (Phi) is 4.95. The molecule has 4 rings (SSSR count). The number of carbonyl (C=O) groups is 1. The van der Waals surface area contributed by atoms with Crippen LogP contribution in [0.1, 0.15) is 13.3 Å². The molecular weight excluding hydrogens is 348 g/mol. The van der Waals surface area contributed by atoms with Crippen molar-refractivity contribution in [2.24, 2.45) is 5.92 Å². The van der Waals surface area contributed by atoms with Crippen LogP contribution in [0.25, 0.3) is 0 Å². The predicted molar refractivity (Wildman–Crippen MR) is 112 cm³/mol. The summed E-state index contributed by atoms with van der Waals surface area (Å²) in [5.41, 5.74) is 0.323. The van der Waals surface area contributed by atoms with Crippen LogP contribution in [0.3, 0.4) is 0 Å². The first-order chi connectivity index (χ1) is 13.3. The van der Waals surface area contributed by atoms with E-state index in [1.807, 2.05) is 6.92 Å². The molecule has 0 spiro atoms. The van der Waals surface area contributed by atoms with Crippen LogP contribution in [-0.4, -0.2) is 20.7 Å². The fraction of sp³-hybridized carbons (Fsp3) is 0.208. The number of ether oxygens (including phenoxy) is 1. The maximum atomic E-state index is 12.6. The Hall–Kier alpha value is -2.65. The van der Waals surface area contributed by atoms with E-state index >= 15 is 0 Å². The van der Waals surface area contributed by atoms with E-state index < -0.39 is 8.07 Å². The molecular formula is C24H24O2Si. The second kappa shape index (κ2) is 7.53. The lowest BCUT2D eigenvalue weighted by molar-refractivity contribution is -0.144. The first kappa shape index (κ1) is 17.7. The normalized spacial score (nSPS) is 18.7. The third-order valence-corrected chi connectivity index (χ3v) is 11.1. The molecule has 2 atom stereocenters. The first-order valence-corrected chi connectivity index (χ1v) is 11.7. The van der Waals surface area contributed by atoms with Crippen molar-refractivity contribution >= 4 is 29.6 Å². The van der Waals surface area contributed by atoms with E-state index in [0.717, 1.165) is 6.42 Å². The molecule has 1 aliphatic rings. The van der Waals surface area contributed by atoms with Crippen molar-refractivity contribution in [1.82, 2.24) is 0 Å². The summed E-state index contributed by atoms with van der Waals surface area (Å²) in [4.78, 5) is 12.6. The molecule has 0 saturated heterocycles. The molecule has 1 saturated carbocycles. The van der Waals surface area contributed by atoms with Crippen molar-refractivity contribution in [1.29, 1.82) is 0 Å². The number of carbonyl (C=O) groups excluding carboxylic acids is 1. The van der Waals surface area contributed by atoms with E-state index in [1.54, 1.807) is 0 Å². The highest BCUT2D eigenvalue weighted by Crippen LogP contribution is 2.51. The van der Waals surface area contributed by atoms with Crippen LogP contribution < -0.4 is 15.6 Å². The number of hydrogen-bond donors (Lipinski definition) is 0. The van der Waals surface area contributed by atoms with Crippen LogP contribution in [0.4, 0.5) is 0 Å². The van der Waals surface area contributed by atoms with Crippen LogP contribution in [-0.2, 0) is 9.53 Å².